The normalized spacial score (nSPS) is 16.2. The molecule has 2 rings (SSSR count). The summed E-state index contributed by atoms with van der Waals surface area (Å²) in [6, 6.07) is 7.11. The van der Waals surface area contributed by atoms with Crippen molar-refractivity contribution in [2.45, 2.75) is 12.8 Å². The van der Waals surface area contributed by atoms with Gasteiger partial charge in [0, 0.05) is 23.7 Å². The van der Waals surface area contributed by atoms with E-state index in [4.69, 9.17) is 11.6 Å². The number of likely N-dealkylation sites (N-methyl/N-ethyl adjacent to an activating group) is 1. The van der Waals surface area contributed by atoms with Crippen molar-refractivity contribution in [1.82, 2.24) is 9.80 Å². The molecule has 0 unspecified atom stereocenters. The molecule has 0 saturated carbocycles. The average Bonchev–Trinajstić information content (AvgIpc) is 2.90. The zero-order valence-corrected chi connectivity index (χ0v) is 12.2. The van der Waals surface area contributed by atoms with Gasteiger partial charge in [0.05, 0.1) is 6.54 Å². The number of ketones is 1. The second-order valence-electron chi connectivity index (χ2n) is 5.22. The molecular formula is C15H21ClN2O. The number of rotatable bonds is 6. The molecule has 0 radical (unpaired) electrons. The SMILES string of the molecule is CN(CCN1CCCC1)CC(=O)c1ccc(Cl)cc1. The molecule has 4 heteroatoms. The Bertz CT molecular complexity index is 413. The topological polar surface area (TPSA) is 23.6 Å². The maximum atomic E-state index is 12.1. The quantitative estimate of drug-likeness (QED) is 0.748. The summed E-state index contributed by atoms with van der Waals surface area (Å²) in [6.07, 6.45) is 2.63. The molecule has 0 bridgehead atoms. The Labute approximate surface area is 120 Å². The van der Waals surface area contributed by atoms with E-state index in [0.717, 1.165) is 18.7 Å². The fourth-order valence-electron chi connectivity index (χ4n) is 2.37. The number of likely N-dealkylation sites (tertiary alicyclic amines) is 1. The van der Waals surface area contributed by atoms with Crippen LogP contribution < -0.4 is 0 Å². The van der Waals surface area contributed by atoms with Crippen molar-refractivity contribution < 1.29 is 4.79 Å². The number of carbonyl (C=O) groups excluding carboxylic acids is 1. The summed E-state index contributed by atoms with van der Waals surface area (Å²) in [6.45, 7) is 4.89. The van der Waals surface area contributed by atoms with Crippen molar-refractivity contribution in [3.63, 3.8) is 0 Å². The lowest BCUT2D eigenvalue weighted by Crippen LogP contribution is -2.34. The maximum absolute atomic E-state index is 12.1. The van der Waals surface area contributed by atoms with Gasteiger partial charge in [-0.05, 0) is 57.2 Å². The second kappa shape index (κ2) is 7.04. The van der Waals surface area contributed by atoms with Gasteiger partial charge in [-0.3, -0.25) is 9.69 Å². The highest BCUT2D eigenvalue weighted by Crippen LogP contribution is 2.10. The van der Waals surface area contributed by atoms with Crippen LogP contribution in [-0.4, -0.2) is 55.4 Å². The van der Waals surface area contributed by atoms with Gasteiger partial charge in [0.25, 0.3) is 0 Å². The summed E-state index contributed by atoms with van der Waals surface area (Å²) < 4.78 is 0. The van der Waals surface area contributed by atoms with Crippen molar-refractivity contribution in [2.24, 2.45) is 0 Å². The van der Waals surface area contributed by atoms with Crippen LogP contribution in [0.1, 0.15) is 23.2 Å². The number of benzene rings is 1. The summed E-state index contributed by atoms with van der Waals surface area (Å²) in [5.74, 6) is 0.153. The van der Waals surface area contributed by atoms with Gasteiger partial charge in [-0.25, -0.2) is 0 Å². The molecule has 0 atom stereocenters. The summed E-state index contributed by atoms with van der Waals surface area (Å²) in [7, 11) is 2.00. The van der Waals surface area contributed by atoms with E-state index in [1.165, 1.54) is 25.9 Å². The van der Waals surface area contributed by atoms with E-state index in [0.29, 0.717) is 11.6 Å². The van der Waals surface area contributed by atoms with Crippen molar-refractivity contribution in [1.29, 1.82) is 0 Å². The smallest absolute Gasteiger partial charge is 0.176 e. The Morgan fingerprint density at radius 2 is 1.89 bits per heavy atom. The third-order valence-corrected chi connectivity index (χ3v) is 3.83. The standard InChI is InChI=1S/C15H21ClN2O/c1-17(10-11-18-8-2-3-9-18)12-15(19)13-4-6-14(16)7-5-13/h4-7H,2-3,8-12H2,1H3. The first-order valence-electron chi connectivity index (χ1n) is 6.85. The minimum atomic E-state index is 0.153. The van der Waals surface area contributed by atoms with Crippen LogP contribution in [0.5, 0.6) is 0 Å². The molecule has 1 aromatic rings. The molecule has 0 amide bonds. The van der Waals surface area contributed by atoms with Gasteiger partial charge in [-0.2, -0.15) is 0 Å². The molecule has 1 aliphatic heterocycles. The van der Waals surface area contributed by atoms with Crippen LogP contribution in [-0.2, 0) is 0 Å². The Hall–Kier alpha value is -0.900. The number of hydrogen-bond donors (Lipinski definition) is 0. The third-order valence-electron chi connectivity index (χ3n) is 3.58. The lowest BCUT2D eigenvalue weighted by molar-refractivity contribution is 0.0941. The van der Waals surface area contributed by atoms with Gasteiger partial charge in [0.15, 0.2) is 5.78 Å². The zero-order chi connectivity index (χ0) is 13.7. The molecule has 104 valence electrons. The number of Topliss-reactive ketones (excluding diaryl/α,β-unsaturated/α-hetero) is 1. The Balaban J connectivity index is 1.76. The molecular weight excluding hydrogens is 260 g/mol. The van der Waals surface area contributed by atoms with Crippen molar-refractivity contribution in [3.05, 3.63) is 34.9 Å². The third kappa shape index (κ3) is 4.60. The summed E-state index contributed by atoms with van der Waals surface area (Å²) in [5, 5.41) is 0.666. The molecule has 19 heavy (non-hydrogen) atoms. The van der Waals surface area contributed by atoms with Crippen LogP contribution in [0.15, 0.2) is 24.3 Å². The minimum Gasteiger partial charge on any atom is -0.302 e. The lowest BCUT2D eigenvalue weighted by atomic mass is 10.1. The van der Waals surface area contributed by atoms with Crippen LogP contribution in [0.2, 0.25) is 5.02 Å². The molecule has 0 aliphatic carbocycles. The fraction of sp³-hybridized carbons (Fsp3) is 0.533. The highest BCUT2D eigenvalue weighted by Gasteiger charge is 2.13. The molecule has 1 saturated heterocycles. The van der Waals surface area contributed by atoms with E-state index in [1.807, 2.05) is 7.05 Å². The predicted molar refractivity (Wildman–Crippen MR) is 79.0 cm³/mol. The van der Waals surface area contributed by atoms with Crippen LogP contribution >= 0.6 is 11.6 Å². The van der Waals surface area contributed by atoms with Crippen LogP contribution in [0, 0.1) is 0 Å². The predicted octanol–water partition coefficient (Wildman–Crippen LogP) is 2.55. The van der Waals surface area contributed by atoms with E-state index >= 15 is 0 Å². The molecule has 0 spiro atoms. The van der Waals surface area contributed by atoms with Gasteiger partial charge < -0.3 is 4.90 Å². The second-order valence-corrected chi connectivity index (χ2v) is 5.65. The van der Waals surface area contributed by atoms with Gasteiger partial charge in [0.1, 0.15) is 0 Å². The molecule has 0 N–H and O–H groups in total. The van der Waals surface area contributed by atoms with E-state index in [-0.39, 0.29) is 5.78 Å². The van der Waals surface area contributed by atoms with Crippen molar-refractivity contribution >= 4 is 17.4 Å². The molecule has 1 aromatic carbocycles. The number of nitrogens with zero attached hydrogens (tertiary/aromatic N) is 2. The van der Waals surface area contributed by atoms with Gasteiger partial charge in [-0.15, -0.1) is 0 Å². The van der Waals surface area contributed by atoms with E-state index in [2.05, 4.69) is 9.80 Å². The number of halogens is 1. The van der Waals surface area contributed by atoms with Gasteiger partial charge >= 0.3 is 0 Å². The lowest BCUT2D eigenvalue weighted by Gasteiger charge is -2.20. The molecule has 0 aromatic heterocycles. The largest absolute Gasteiger partial charge is 0.302 e. The van der Waals surface area contributed by atoms with Crippen LogP contribution in [0.25, 0.3) is 0 Å². The zero-order valence-electron chi connectivity index (χ0n) is 11.4. The Morgan fingerprint density at radius 1 is 1.26 bits per heavy atom. The van der Waals surface area contributed by atoms with E-state index in [9.17, 15) is 4.79 Å². The molecule has 3 nitrogen and oxygen atoms in total. The van der Waals surface area contributed by atoms with Gasteiger partial charge in [-0.1, -0.05) is 11.6 Å². The first kappa shape index (κ1) is 14.5. The highest BCUT2D eigenvalue weighted by atomic mass is 35.5. The minimum absolute atomic E-state index is 0.153. The van der Waals surface area contributed by atoms with Crippen LogP contribution in [0.3, 0.4) is 0 Å². The Kier molecular flexibility index (Phi) is 5.37. The molecule has 1 aliphatic rings. The van der Waals surface area contributed by atoms with E-state index < -0.39 is 0 Å². The van der Waals surface area contributed by atoms with Gasteiger partial charge in [0.2, 0.25) is 0 Å². The van der Waals surface area contributed by atoms with Crippen molar-refractivity contribution in [2.75, 3.05) is 39.8 Å². The Morgan fingerprint density at radius 3 is 2.53 bits per heavy atom. The van der Waals surface area contributed by atoms with Crippen molar-refractivity contribution in [3.8, 4) is 0 Å². The number of carbonyl (C=O) groups is 1. The average molecular weight is 281 g/mol. The van der Waals surface area contributed by atoms with Crippen LogP contribution in [0.4, 0.5) is 0 Å². The maximum Gasteiger partial charge on any atom is 0.176 e. The van der Waals surface area contributed by atoms with E-state index in [1.54, 1.807) is 24.3 Å². The first-order valence-corrected chi connectivity index (χ1v) is 7.22. The summed E-state index contributed by atoms with van der Waals surface area (Å²) in [4.78, 5) is 16.6. The first-order chi connectivity index (χ1) is 9.15. The monoisotopic (exact) mass is 280 g/mol. The molecule has 1 heterocycles. The number of hydrogen-bond acceptors (Lipinski definition) is 3. The highest BCUT2D eigenvalue weighted by molar-refractivity contribution is 6.30. The summed E-state index contributed by atoms with van der Waals surface area (Å²) >= 11 is 5.82. The molecule has 1 fully saturated rings. The fourth-order valence-corrected chi connectivity index (χ4v) is 2.50. The summed E-state index contributed by atoms with van der Waals surface area (Å²) in [5.41, 5.74) is 0.734.